The number of hydrogen-bond acceptors (Lipinski definition) is 3. The summed E-state index contributed by atoms with van der Waals surface area (Å²) in [5.41, 5.74) is -0.200. The number of ketones is 1. The van der Waals surface area contributed by atoms with Gasteiger partial charge in [0.25, 0.3) is 0 Å². The third-order valence-electron chi connectivity index (χ3n) is 7.20. The molecule has 0 aromatic rings. The van der Waals surface area contributed by atoms with E-state index in [1.165, 1.54) is 13.3 Å². The van der Waals surface area contributed by atoms with E-state index in [0.29, 0.717) is 18.1 Å². The van der Waals surface area contributed by atoms with Crippen LogP contribution in [0.25, 0.3) is 0 Å². The summed E-state index contributed by atoms with van der Waals surface area (Å²) < 4.78 is 5.78. The van der Waals surface area contributed by atoms with Crippen LogP contribution < -0.4 is 0 Å². The Balaban J connectivity index is 2.13. The lowest BCUT2D eigenvalue weighted by atomic mass is 9.62. The topological polar surface area (TPSA) is 43.4 Å². The first-order valence-corrected chi connectivity index (χ1v) is 7.85. The molecule has 0 unspecified atom stereocenters. The molecule has 112 valence electrons. The Bertz CT molecular complexity index is 481. The molecule has 0 spiro atoms. The zero-order valence-corrected chi connectivity index (χ0v) is 13.3. The Morgan fingerprint density at radius 1 is 1.15 bits per heavy atom. The van der Waals surface area contributed by atoms with Crippen molar-refractivity contribution in [2.45, 2.75) is 66.4 Å². The zero-order chi connectivity index (χ0) is 14.9. The van der Waals surface area contributed by atoms with Crippen LogP contribution in [0, 0.1) is 28.1 Å². The van der Waals surface area contributed by atoms with Crippen LogP contribution in [-0.4, -0.2) is 17.9 Å². The molecule has 3 rings (SSSR count). The highest BCUT2D eigenvalue weighted by atomic mass is 16.5. The molecule has 0 radical (unpaired) electrons. The van der Waals surface area contributed by atoms with Gasteiger partial charge in [0, 0.05) is 30.1 Å². The highest BCUT2D eigenvalue weighted by Crippen LogP contribution is 2.74. The minimum Gasteiger partial charge on any atom is -0.462 e. The number of Topliss-reactive ketones (excluding diaryl/α,β-unsaturated/α-hetero) is 1. The molecule has 3 nitrogen and oxygen atoms in total. The van der Waals surface area contributed by atoms with Crippen molar-refractivity contribution in [2.75, 3.05) is 0 Å². The summed E-state index contributed by atoms with van der Waals surface area (Å²) >= 11 is 0. The van der Waals surface area contributed by atoms with E-state index in [2.05, 4.69) is 27.7 Å². The Morgan fingerprint density at radius 3 is 2.40 bits per heavy atom. The minimum absolute atomic E-state index is 0.0337. The summed E-state index contributed by atoms with van der Waals surface area (Å²) in [7, 11) is 0. The van der Waals surface area contributed by atoms with Crippen LogP contribution in [0.5, 0.6) is 0 Å². The molecule has 0 N–H and O–H groups in total. The van der Waals surface area contributed by atoms with Crippen molar-refractivity contribution < 1.29 is 14.3 Å². The second kappa shape index (κ2) is 3.86. The average Bonchev–Trinajstić information content (AvgIpc) is 2.65. The third-order valence-corrected chi connectivity index (χ3v) is 7.20. The van der Waals surface area contributed by atoms with E-state index in [1.54, 1.807) is 0 Å². The molecule has 5 atom stereocenters. The number of carbonyl (C=O) groups excluding carboxylic acids is 2. The summed E-state index contributed by atoms with van der Waals surface area (Å²) in [4.78, 5) is 24.1. The summed E-state index contributed by atoms with van der Waals surface area (Å²) in [5.74, 6) is 0.834. The maximum Gasteiger partial charge on any atom is 0.302 e. The molecule has 3 aliphatic carbocycles. The predicted octanol–water partition coefficient (Wildman–Crippen LogP) is 3.36. The van der Waals surface area contributed by atoms with Gasteiger partial charge in [0.15, 0.2) is 0 Å². The molecule has 3 saturated carbocycles. The molecule has 0 aromatic carbocycles. The van der Waals surface area contributed by atoms with Gasteiger partial charge in [-0.1, -0.05) is 27.7 Å². The predicted molar refractivity (Wildman–Crippen MR) is 76.0 cm³/mol. The van der Waals surface area contributed by atoms with Crippen molar-refractivity contribution in [3.63, 3.8) is 0 Å². The lowest BCUT2D eigenvalue weighted by Gasteiger charge is -2.45. The van der Waals surface area contributed by atoms with Gasteiger partial charge in [-0.25, -0.2) is 0 Å². The third kappa shape index (κ3) is 1.42. The van der Waals surface area contributed by atoms with Crippen molar-refractivity contribution in [3.05, 3.63) is 0 Å². The molecule has 20 heavy (non-hydrogen) atoms. The molecule has 0 aromatic heterocycles. The molecule has 4 bridgehead atoms. The fourth-order valence-electron chi connectivity index (χ4n) is 5.75. The van der Waals surface area contributed by atoms with Crippen molar-refractivity contribution in [2.24, 2.45) is 28.1 Å². The van der Waals surface area contributed by atoms with Crippen LogP contribution in [0.2, 0.25) is 0 Å². The second-order valence-corrected chi connectivity index (χ2v) is 8.18. The minimum atomic E-state index is -0.374. The SMILES string of the molecule is CC(=O)O[C@@H]1[C@@H]2[C@@H]3CC[C@@]1(C)[C@]3(C)CCC(=O)C2(C)C. The van der Waals surface area contributed by atoms with Gasteiger partial charge < -0.3 is 4.74 Å². The van der Waals surface area contributed by atoms with Gasteiger partial charge in [0.1, 0.15) is 11.9 Å². The summed E-state index contributed by atoms with van der Waals surface area (Å²) in [6, 6.07) is 0. The molecule has 0 amide bonds. The Hall–Kier alpha value is -0.860. The Morgan fingerprint density at radius 2 is 1.80 bits per heavy atom. The Kier molecular flexibility index (Phi) is 2.72. The number of rotatable bonds is 1. The number of ether oxygens (including phenoxy) is 1. The van der Waals surface area contributed by atoms with Gasteiger partial charge in [-0.15, -0.1) is 0 Å². The normalized spacial score (nSPS) is 49.0. The van der Waals surface area contributed by atoms with E-state index in [4.69, 9.17) is 4.74 Å². The smallest absolute Gasteiger partial charge is 0.302 e. The fourth-order valence-corrected chi connectivity index (χ4v) is 5.75. The highest BCUT2D eigenvalue weighted by Gasteiger charge is 2.73. The van der Waals surface area contributed by atoms with E-state index >= 15 is 0 Å². The van der Waals surface area contributed by atoms with Crippen molar-refractivity contribution in [1.29, 1.82) is 0 Å². The van der Waals surface area contributed by atoms with E-state index in [0.717, 1.165) is 12.8 Å². The average molecular weight is 278 g/mol. The molecule has 3 fully saturated rings. The first-order valence-electron chi connectivity index (χ1n) is 7.85. The number of carbonyl (C=O) groups is 2. The van der Waals surface area contributed by atoms with Gasteiger partial charge >= 0.3 is 5.97 Å². The van der Waals surface area contributed by atoms with E-state index in [-0.39, 0.29) is 34.2 Å². The number of hydrogen-bond donors (Lipinski definition) is 0. The zero-order valence-electron chi connectivity index (χ0n) is 13.3. The van der Waals surface area contributed by atoms with Gasteiger partial charge in [0.2, 0.25) is 0 Å². The van der Waals surface area contributed by atoms with E-state index in [9.17, 15) is 9.59 Å². The van der Waals surface area contributed by atoms with Crippen LogP contribution in [0.15, 0.2) is 0 Å². The summed E-state index contributed by atoms with van der Waals surface area (Å²) in [6.45, 7) is 10.2. The number of esters is 1. The first kappa shape index (κ1) is 14.1. The highest BCUT2D eigenvalue weighted by molar-refractivity contribution is 5.85. The quantitative estimate of drug-likeness (QED) is 0.691. The monoisotopic (exact) mass is 278 g/mol. The second-order valence-electron chi connectivity index (χ2n) is 8.18. The van der Waals surface area contributed by atoms with Crippen LogP contribution in [-0.2, 0) is 14.3 Å². The summed E-state index contributed by atoms with van der Waals surface area (Å²) in [5, 5.41) is 0. The van der Waals surface area contributed by atoms with Crippen LogP contribution in [0.4, 0.5) is 0 Å². The van der Waals surface area contributed by atoms with Crippen LogP contribution >= 0.6 is 0 Å². The van der Waals surface area contributed by atoms with E-state index < -0.39 is 0 Å². The molecule has 0 aliphatic heterocycles. The van der Waals surface area contributed by atoms with Gasteiger partial charge in [0.05, 0.1) is 0 Å². The molecule has 0 heterocycles. The Labute approximate surface area is 121 Å². The lowest BCUT2D eigenvalue weighted by Crippen LogP contribution is -2.49. The van der Waals surface area contributed by atoms with E-state index in [1.807, 2.05) is 0 Å². The van der Waals surface area contributed by atoms with Crippen molar-refractivity contribution >= 4 is 11.8 Å². The molecule has 0 saturated heterocycles. The molecular weight excluding hydrogens is 252 g/mol. The first-order chi connectivity index (χ1) is 9.14. The van der Waals surface area contributed by atoms with Crippen molar-refractivity contribution in [1.82, 2.24) is 0 Å². The molecule has 3 heteroatoms. The molecular formula is C17H26O3. The van der Waals surface area contributed by atoms with Gasteiger partial charge in [-0.05, 0) is 30.6 Å². The van der Waals surface area contributed by atoms with Crippen LogP contribution in [0.3, 0.4) is 0 Å². The van der Waals surface area contributed by atoms with Crippen molar-refractivity contribution in [3.8, 4) is 0 Å². The maximum absolute atomic E-state index is 12.5. The molecule has 3 aliphatic rings. The van der Waals surface area contributed by atoms with Gasteiger partial charge in [-0.2, -0.15) is 0 Å². The fraction of sp³-hybridized carbons (Fsp3) is 0.882. The standard InChI is InChI=1S/C17H26O3/c1-10(18)20-14-13-11-6-8-17(14,5)16(11,4)9-7-12(19)15(13,2)3/h11,13-14H,6-9H2,1-5H3/t11-,13-,14+,16+,17+/m0/s1. The van der Waals surface area contributed by atoms with Crippen LogP contribution in [0.1, 0.15) is 60.3 Å². The largest absolute Gasteiger partial charge is 0.462 e. The maximum atomic E-state index is 12.5. The summed E-state index contributed by atoms with van der Waals surface area (Å²) in [6.07, 6.45) is 3.82. The lowest BCUT2D eigenvalue weighted by molar-refractivity contribution is -0.166. The van der Waals surface area contributed by atoms with Gasteiger partial charge in [-0.3, -0.25) is 9.59 Å².